The highest BCUT2D eigenvalue weighted by atomic mass is 35.5. The Morgan fingerprint density at radius 3 is 2.52 bits per heavy atom. The first-order chi connectivity index (χ1) is 27.2. The van der Waals surface area contributed by atoms with Gasteiger partial charge in [-0.2, -0.15) is 4.98 Å². The lowest BCUT2D eigenvalue weighted by Crippen LogP contribution is -2.35. The molecule has 0 amide bonds. The van der Waals surface area contributed by atoms with Crippen molar-refractivity contribution in [3.05, 3.63) is 86.9 Å². The number of carboxylic acids is 1. The molecule has 0 radical (unpaired) electrons. The molecule has 2 unspecified atom stereocenters. The number of carboxylic acid groups (broad SMARTS) is 1. The molecule has 4 aliphatic rings. The number of halogens is 2. The second kappa shape index (κ2) is 16.3. The molecule has 294 valence electrons. The van der Waals surface area contributed by atoms with Crippen LogP contribution in [0.5, 0.6) is 17.6 Å². The Balaban J connectivity index is 0.987. The number of fused-ring (bicyclic) bond motifs is 1. The van der Waals surface area contributed by atoms with E-state index < -0.39 is 11.9 Å². The van der Waals surface area contributed by atoms with Gasteiger partial charge in [0, 0.05) is 73.3 Å². The number of benzene rings is 2. The molecule has 2 aromatic carbocycles. The van der Waals surface area contributed by atoms with E-state index in [0.717, 1.165) is 71.2 Å². The number of hydrogen-bond acceptors (Lipinski definition) is 10. The Kier molecular flexibility index (Phi) is 11.2. The van der Waals surface area contributed by atoms with Crippen LogP contribution in [0.2, 0.25) is 10.0 Å². The van der Waals surface area contributed by atoms with Crippen LogP contribution in [0.3, 0.4) is 0 Å². The maximum absolute atomic E-state index is 12.1. The number of likely N-dealkylation sites (tertiary alicyclic amines) is 1. The fraction of sp³-hybridized carbons (Fsp3) is 0.442. The fourth-order valence-corrected chi connectivity index (χ4v) is 9.68. The molecule has 3 fully saturated rings. The van der Waals surface area contributed by atoms with E-state index >= 15 is 0 Å². The smallest absolute Gasteiger partial charge is 0.308 e. The van der Waals surface area contributed by atoms with Crippen molar-refractivity contribution in [1.29, 1.82) is 0 Å². The third kappa shape index (κ3) is 7.59. The number of carbonyl (C=O) groups is 2. The van der Waals surface area contributed by atoms with Crippen LogP contribution in [-0.4, -0.2) is 78.8 Å². The van der Waals surface area contributed by atoms with E-state index in [-0.39, 0.29) is 17.4 Å². The molecule has 1 spiro atoms. The van der Waals surface area contributed by atoms with Gasteiger partial charge in [-0.1, -0.05) is 65.7 Å². The van der Waals surface area contributed by atoms with E-state index in [1.165, 1.54) is 0 Å². The van der Waals surface area contributed by atoms with Crippen LogP contribution in [0.1, 0.15) is 60.5 Å². The number of ketones is 1. The van der Waals surface area contributed by atoms with Crippen molar-refractivity contribution in [1.82, 2.24) is 20.2 Å². The number of hydrogen-bond donors (Lipinski definition) is 2. The minimum Gasteiger partial charge on any atom is -0.481 e. The van der Waals surface area contributed by atoms with E-state index in [4.69, 9.17) is 52.1 Å². The first kappa shape index (κ1) is 38.6. The van der Waals surface area contributed by atoms with Gasteiger partial charge in [-0.3, -0.25) is 14.5 Å². The number of methoxy groups -OCH3 is 2. The highest BCUT2D eigenvalue weighted by Gasteiger charge is 2.52. The second-order valence-corrected chi connectivity index (χ2v) is 16.3. The number of nitrogens with one attached hydrogen (secondary N) is 1. The van der Waals surface area contributed by atoms with Crippen LogP contribution in [0.25, 0.3) is 22.4 Å². The molecule has 4 aromatic rings. The van der Waals surface area contributed by atoms with Gasteiger partial charge in [0.15, 0.2) is 0 Å². The average molecular weight is 802 g/mol. The van der Waals surface area contributed by atoms with Gasteiger partial charge in [0.05, 0.1) is 37.5 Å². The van der Waals surface area contributed by atoms with Gasteiger partial charge < -0.3 is 29.4 Å². The lowest BCUT2D eigenvalue weighted by atomic mass is 9.77. The Bertz CT molecular complexity index is 2140. The number of Topliss-reactive ketones (excluding diaryl/α,β-unsaturated/α-hetero) is 1. The van der Waals surface area contributed by atoms with Crippen molar-refractivity contribution in [2.75, 3.05) is 47.1 Å². The number of carbonyl (C=O) groups excluding carboxylic acids is 1. The number of aliphatic carboxylic acids is 1. The Labute approximate surface area is 336 Å². The predicted octanol–water partition coefficient (Wildman–Crippen LogP) is 7.58. The largest absolute Gasteiger partial charge is 0.481 e. The summed E-state index contributed by atoms with van der Waals surface area (Å²) < 4.78 is 23.6. The monoisotopic (exact) mass is 800 g/mol. The second-order valence-electron chi connectivity index (χ2n) is 15.5. The molecule has 11 nitrogen and oxygen atoms in total. The number of nitrogens with zero attached hydrogens (tertiary/aromatic N) is 3. The quantitative estimate of drug-likeness (QED) is 0.139. The summed E-state index contributed by atoms with van der Waals surface area (Å²) in [6, 6.07) is 18.0. The summed E-state index contributed by atoms with van der Waals surface area (Å²) in [6.45, 7) is 3.91. The summed E-state index contributed by atoms with van der Waals surface area (Å²) in [5.41, 5.74) is 6.97. The SMILES string of the molecule is COc1nc(-c2cccc(-c3cccc4c3CC[C@@H]4Oc3nc(OC)c(CN4CC(C(=O)O)C5(CCOC5)C4)cc3Cl)c2Cl)ccc1CNC[C@@H]1CCC(=O)C1. The van der Waals surface area contributed by atoms with Gasteiger partial charge >= 0.3 is 5.97 Å². The number of pyridine rings is 2. The molecule has 4 atom stereocenters. The normalized spacial score (nSPS) is 23.2. The van der Waals surface area contributed by atoms with Gasteiger partial charge in [0.25, 0.3) is 0 Å². The molecule has 1 saturated carbocycles. The van der Waals surface area contributed by atoms with Crippen molar-refractivity contribution in [3.63, 3.8) is 0 Å². The zero-order chi connectivity index (χ0) is 39.0. The number of ether oxygens (including phenoxy) is 4. The van der Waals surface area contributed by atoms with Gasteiger partial charge in [0.1, 0.15) is 16.9 Å². The van der Waals surface area contributed by atoms with Gasteiger partial charge in [-0.25, -0.2) is 4.98 Å². The third-order valence-corrected chi connectivity index (χ3v) is 12.7. The summed E-state index contributed by atoms with van der Waals surface area (Å²) in [5.74, 6) is 0.667. The van der Waals surface area contributed by atoms with Gasteiger partial charge in [-0.15, -0.1) is 0 Å². The van der Waals surface area contributed by atoms with Crippen molar-refractivity contribution in [2.24, 2.45) is 17.3 Å². The van der Waals surface area contributed by atoms with Crippen molar-refractivity contribution in [3.8, 4) is 40.0 Å². The highest BCUT2D eigenvalue weighted by molar-refractivity contribution is 6.36. The van der Waals surface area contributed by atoms with Crippen LogP contribution in [0, 0.1) is 17.3 Å². The molecule has 8 rings (SSSR count). The van der Waals surface area contributed by atoms with E-state index in [1.54, 1.807) is 14.2 Å². The molecule has 56 heavy (non-hydrogen) atoms. The molecule has 2 N–H and O–H groups in total. The Morgan fingerprint density at radius 1 is 0.982 bits per heavy atom. The summed E-state index contributed by atoms with van der Waals surface area (Å²) >= 11 is 14.0. The molecule has 2 saturated heterocycles. The summed E-state index contributed by atoms with van der Waals surface area (Å²) in [5, 5.41) is 14.4. The summed E-state index contributed by atoms with van der Waals surface area (Å²) in [7, 11) is 3.18. The average Bonchev–Trinajstić information content (AvgIpc) is 4.01. The maximum Gasteiger partial charge on any atom is 0.308 e. The maximum atomic E-state index is 12.1. The summed E-state index contributed by atoms with van der Waals surface area (Å²) in [6.07, 6.45) is 4.23. The minimum absolute atomic E-state index is 0.286. The molecular weight excluding hydrogens is 755 g/mol. The van der Waals surface area contributed by atoms with E-state index in [2.05, 4.69) is 22.3 Å². The predicted molar refractivity (Wildman–Crippen MR) is 212 cm³/mol. The highest BCUT2D eigenvalue weighted by Crippen LogP contribution is 2.46. The Morgan fingerprint density at radius 2 is 1.77 bits per heavy atom. The van der Waals surface area contributed by atoms with Gasteiger partial charge in [-0.05, 0) is 67.0 Å². The zero-order valence-electron chi connectivity index (χ0n) is 31.6. The molecule has 4 heterocycles. The summed E-state index contributed by atoms with van der Waals surface area (Å²) in [4.78, 5) is 35.5. The third-order valence-electron chi connectivity index (χ3n) is 12.0. The fourth-order valence-electron chi connectivity index (χ4n) is 9.13. The molecule has 2 aliphatic carbocycles. The molecule has 2 aliphatic heterocycles. The van der Waals surface area contributed by atoms with Crippen molar-refractivity contribution >= 4 is 35.0 Å². The molecule has 13 heteroatoms. The van der Waals surface area contributed by atoms with Crippen LogP contribution in [0.4, 0.5) is 0 Å². The van der Waals surface area contributed by atoms with Crippen LogP contribution < -0.4 is 19.5 Å². The van der Waals surface area contributed by atoms with Crippen LogP contribution in [-0.2, 0) is 33.8 Å². The van der Waals surface area contributed by atoms with Gasteiger partial charge in [0.2, 0.25) is 17.6 Å². The standard InChI is InChI=1S/C43H46Cl2N4O7/c1-53-39-26(20-46-19-25-9-11-28(50)17-25)10-13-36(47-39)33-8-4-7-32(38(33)45)29-5-3-6-31-30(29)12-14-37(31)56-41-35(44)18-27(40(48-41)54-2)21-49-22-34(42(51)52)43(23-49)15-16-55-24-43/h3-8,10,13,18,25,34,37,46H,9,11-12,14-17,19-24H2,1-2H3,(H,51,52)/t25-,34?,37+,43?/m1/s1. The topological polar surface area (TPSA) is 132 Å². The number of aromatic nitrogens is 2. The Hall–Kier alpha value is -4.26. The van der Waals surface area contributed by atoms with E-state index in [1.807, 2.05) is 42.5 Å². The first-order valence-electron chi connectivity index (χ1n) is 19.3. The minimum atomic E-state index is -0.789. The van der Waals surface area contributed by atoms with E-state index in [9.17, 15) is 14.7 Å². The van der Waals surface area contributed by atoms with Crippen LogP contribution in [0.15, 0.2) is 54.6 Å². The lowest BCUT2D eigenvalue weighted by Gasteiger charge is -2.25. The van der Waals surface area contributed by atoms with E-state index in [0.29, 0.717) is 91.4 Å². The number of rotatable bonds is 13. The van der Waals surface area contributed by atoms with Crippen molar-refractivity contribution in [2.45, 2.75) is 57.7 Å². The first-order valence-corrected chi connectivity index (χ1v) is 20.0. The lowest BCUT2D eigenvalue weighted by molar-refractivity contribution is -0.144. The van der Waals surface area contributed by atoms with Crippen molar-refractivity contribution < 1.29 is 33.6 Å². The molecule has 2 aromatic heterocycles. The molecular formula is C43H46Cl2N4O7. The van der Waals surface area contributed by atoms with Crippen LogP contribution >= 0.6 is 23.2 Å². The molecule has 0 bridgehead atoms. The zero-order valence-corrected chi connectivity index (χ0v) is 33.1.